The van der Waals surface area contributed by atoms with Gasteiger partial charge in [-0.25, -0.2) is 0 Å². The third-order valence-electron chi connectivity index (χ3n) is 3.56. The Labute approximate surface area is 141 Å². The molecule has 2 aromatic rings. The van der Waals surface area contributed by atoms with E-state index in [2.05, 4.69) is 11.4 Å². The fraction of sp³-hybridized carbons (Fsp3) is 0.211. The maximum atomic E-state index is 12.2. The lowest BCUT2D eigenvalue weighted by Crippen LogP contribution is -2.37. The molecule has 2 unspecified atom stereocenters. The molecule has 0 saturated heterocycles. The molecule has 5 nitrogen and oxygen atoms in total. The van der Waals surface area contributed by atoms with Gasteiger partial charge in [0, 0.05) is 0 Å². The second kappa shape index (κ2) is 7.80. The van der Waals surface area contributed by atoms with Crippen molar-refractivity contribution in [2.75, 3.05) is 0 Å². The van der Waals surface area contributed by atoms with Crippen LogP contribution in [0.4, 0.5) is 0 Å². The van der Waals surface area contributed by atoms with Gasteiger partial charge in [-0.2, -0.15) is 10.5 Å². The zero-order valence-electron chi connectivity index (χ0n) is 13.5. The Balaban J connectivity index is 1.94. The number of nitrogens with zero attached hydrogens (tertiary/aromatic N) is 2. The summed E-state index contributed by atoms with van der Waals surface area (Å²) in [6.07, 6.45) is -0.668. The molecule has 2 aromatic carbocycles. The van der Waals surface area contributed by atoms with Crippen LogP contribution in [-0.2, 0) is 4.79 Å². The lowest BCUT2D eigenvalue weighted by atomic mass is 10.1. The molecule has 2 rings (SSSR count). The fourth-order valence-corrected chi connectivity index (χ4v) is 2.13. The summed E-state index contributed by atoms with van der Waals surface area (Å²) in [5, 5.41) is 20.4. The van der Waals surface area contributed by atoms with Gasteiger partial charge in [-0.05, 0) is 55.8 Å². The maximum Gasteiger partial charge on any atom is 0.261 e. The van der Waals surface area contributed by atoms with Crippen LogP contribution < -0.4 is 10.1 Å². The molecule has 0 aliphatic heterocycles. The Morgan fingerprint density at radius 3 is 1.96 bits per heavy atom. The van der Waals surface area contributed by atoms with Gasteiger partial charge in [-0.15, -0.1) is 0 Å². The van der Waals surface area contributed by atoms with Crippen molar-refractivity contribution in [2.24, 2.45) is 0 Å². The monoisotopic (exact) mass is 319 g/mol. The van der Waals surface area contributed by atoms with Crippen molar-refractivity contribution in [3.63, 3.8) is 0 Å². The van der Waals surface area contributed by atoms with E-state index in [-0.39, 0.29) is 11.9 Å². The molecule has 0 fully saturated rings. The van der Waals surface area contributed by atoms with Crippen LogP contribution in [0.1, 0.15) is 36.6 Å². The third kappa shape index (κ3) is 4.34. The Hall–Kier alpha value is -3.31. The van der Waals surface area contributed by atoms with Gasteiger partial charge in [0.15, 0.2) is 6.10 Å². The summed E-state index contributed by atoms with van der Waals surface area (Å²) in [4.78, 5) is 12.2. The van der Waals surface area contributed by atoms with Crippen molar-refractivity contribution in [1.29, 1.82) is 10.5 Å². The van der Waals surface area contributed by atoms with Gasteiger partial charge in [-0.1, -0.05) is 12.1 Å². The Morgan fingerprint density at radius 1 is 0.958 bits per heavy atom. The molecule has 0 radical (unpaired) electrons. The SMILES string of the molecule is CC(Oc1ccc(C#N)cc1)C(=O)NC(C)c1ccc(C#N)cc1. The molecule has 0 aliphatic rings. The maximum absolute atomic E-state index is 12.2. The molecular weight excluding hydrogens is 302 g/mol. The lowest BCUT2D eigenvalue weighted by molar-refractivity contribution is -0.127. The summed E-state index contributed by atoms with van der Waals surface area (Å²) in [5.41, 5.74) is 2.02. The van der Waals surface area contributed by atoms with Crippen LogP contribution in [0.5, 0.6) is 5.75 Å². The fourth-order valence-electron chi connectivity index (χ4n) is 2.13. The van der Waals surface area contributed by atoms with E-state index in [1.807, 2.05) is 25.1 Å². The van der Waals surface area contributed by atoms with Crippen LogP contribution in [0, 0.1) is 22.7 Å². The first-order valence-electron chi connectivity index (χ1n) is 7.50. The molecule has 1 N–H and O–H groups in total. The van der Waals surface area contributed by atoms with Crippen LogP contribution in [0.15, 0.2) is 48.5 Å². The van der Waals surface area contributed by atoms with Crippen LogP contribution in [0.3, 0.4) is 0 Å². The van der Waals surface area contributed by atoms with Gasteiger partial charge in [0.1, 0.15) is 5.75 Å². The number of nitrogens with one attached hydrogen (secondary N) is 1. The van der Waals surface area contributed by atoms with Gasteiger partial charge in [0.25, 0.3) is 5.91 Å². The zero-order chi connectivity index (χ0) is 17.5. The molecule has 120 valence electrons. The van der Waals surface area contributed by atoms with E-state index in [0.717, 1.165) is 5.56 Å². The number of rotatable bonds is 5. The Bertz CT molecular complexity index is 783. The summed E-state index contributed by atoms with van der Waals surface area (Å²) in [6.45, 7) is 3.53. The molecule has 5 heteroatoms. The smallest absolute Gasteiger partial charge is 0.261 e. The van der Waals surface area contributed by atoms with Gasteiger partial charge >= 0.3 is 0 Å². The molecular formula is C19H17N3O2. The van der Waals surface area contributed by atoms with Gasteiger partial charge < -0.3 is 10.1 Å². The predicted molar refractivity (Wildman–Crippen MR) is 89.0 cm³/mol. The Kier molecular flexibility index (Phi) is 5.54. The normalized spacial score (nSPS) is 12.3. The minimum Gasteiger partial charge on any atom is -0.481 e. The number of ether oxygens (including phenoxy) is 1. The van der Waals surface area contributed by atoms with Crippen molar-refractivity contribution < 1.29 is 9.53 Å². The lowest BCUT2D eigenvalue weighted by Gasteiger charge is -2.19. The minimum absolute atomic E-state index is 0.197. The van der Waals surface area contributed by atoms with Crippen LogP contribution in [0.25, 0.3) is 0 Å². The van der Waals surface area contributed by atoms with Crippen LogP contribution >= 0.6 is 0 Å². The number of hydrogen-bond donors (Lipinski definition) is 1. The molecule has 0 aromatic heterocycles. The number of carbonyl (C=O) groups is 1. The van der Waals surface area contributed by atoms with E-state index in [0.29, 0.717) is 16.9 Å². The van der Waals surface area contributed by atoms with Crippen LogP contribution in [0.2, 0.25) is 0 Å². The van der Waals surface area contributed by atoms with E-state index in [4.69, 9.17) is 15.3 Å². The first-order chi connectivity index (χ1) is 11.5. The standard InChI is InChI=1S/C19H17N3O2/c1-13(17-7-3-15(11-20)4-8-17)22-19(23)14(2)24-18-9-5-16(12-21)6-10-18/h3-10,13-14H,1-2H3,(H,22,23). The van der Waals surface area contributed by atoms with Crippen molar-refractivity contribution in [1.82, 2.24) is 5.32 Å². The molecule has 0 heterocycles. The van der Waals surface area contributed by atoms with Crippen molar-refractivity contribution in [2.45, 2.75) is 26.0 Å². The number of amides is 1. The summed E-state index contributed by atoms with van der Waals surface area (Å²) in [7, 11) is 0. The van der Waals surface area contributed by atoms with E-state index < -0.39 is 6.10 Å². The summed E-state index contributed by atoms with van der Waals surface area (Å²) in [5.74, 6) is 0.291. The highest BCUT2D eigenvalue weighted by Gasteiger charge is 2.17. The average molecular weight is 319 g/mol. The molecule has 1 amide bonds. The van der Waals surface area contributed by atoms with Crippen molar-refractivity contribution in [3.8, 4) is 17.9 Å². The predicted octanol–water partition coefficient (Wildman–Crippen LogP) is 3.07. The van der Waals surface area contributed by atoms with Crippen molar-refractivity contribution >= 4 is 5.91 Å². The summed E-state index contributed by atoms with van der Waals surface area (Å²) in [6, 6.07) is 17.5. The first-order valence-corrected chi connectivity index (χ1v) is 7.50. The molecule has 0 aliphatic carbocycles. The quantitative estimate of drug-likeness (QED) is 0.917. The summed E-state index contributed by atoms with van der Waals surface area (Å²) < 4.78 is 5.58. The summed E-state index contributed by atoms with van der Waals surface area (Å²) >= 11 is 0. The number of hydrogen-bond acceptors (Lipinski definition) is 4. The molecule has 0 spiro atoms. The van der Waals surface area contributed by atoms with E-state index in [1.54, 1.807) is 43.3 Å². The average Bonchev–Trinajstić information content (AvgIpc) is 2.62. The molecule has 0 saturated carbocycles. The van der Waals surface area contributed by atoms with Crippen molar-refractivity contribution in [3.05, 3.63) is 65.2 Å². The second-order valence-electron chi connectivity index (χ2n) is 5.36. The van der Waals surface area contributed by atoms with E-state index >= 15 is 0 Å². The Morgan fingerprint density at radius 2 is 1.46 bits per heavy atom. The largest absolute Gasteiger partial charge is 0.481 e. The zero-order valence-corrected chi connectivity index (χ0v) is 13.5. The van der Waals surface area contributed by atoms with Gasteiger partial charge in [0.2, 0.25) is 0 Å². The van der Waals surface area contributed by atoms with E-state index in [9.17, 15) is 4.79 Å². The highest BCUT2D eigenvalue weighted by atomic mass is 16.5. The van der Waals surface area contributed by atoms with E-state index in [1.165, 1.54) is 0 Å². The van der Waals surface area contributed by atoms with Crippen LogP contribution in [-0.4, -0.2) is 12.0 Å². The highest BCUT2D eigenvalue weighted by Crippen LogP contribution is 2.16. The minimum atomic E-state index is -0.668. The molecule has 24 heavy (non-hydrogen) atoms. The first kappa shape index (κ1) is 17.1. The topological polar surface area (TPSA) is 85.9 Å². The molecule has 0 bridgehead atoms. The second-order valence-corrected chi connectivity index (χ2v) is 5.36. The highest BCUT2D eigenvalue weighted by molar-refractivity contribution is 5.81. The third-order valence-corrected chi connectivity index (χ3v) is 3.56. The molecule has 2 atom stereocenters. The van der Waals surface area contributed by atoms with Gasteiger partial charge in [-0.3, -0.25) is 4.79 Å². The number of carbonyl (C=O) groups excluding carboxylic acids is 1. The van der Waals surface area contributed by atoms with Gasteiger partial charge in [0.05, 0.1) is 29.3 Å². The number of nitriles is 2. The number of benzene rings is 2.